The zero-order valence-electron chi connectivity index (χ0n) is 16.8. The lowest BCUT2D eigenvalue weighted by Gasteiger charge is -2.25. The van der Waals surface area contributed by atoms with Gasteiger partial charge in [-0.3, -0.25) is 0 Å². The lowest BCUT2D eigenvalue weighted by atomic mass is 10.1. The lowest BCUT2D eigenvalue weighted by Crippen LogP contribution is -2.30. The molecule has 5 nitrogen and oxygen atoms in total. The highest BCUT2D eigenvalue weighted by atomic mass is 32.2. The van der Waals surface area contributed by atoms with Gasteiger partial charge in [-0.1, -0.05) is 42.5 Å². The van der Waals surface area contributed by atoms with E-state index in [1.165, 1.54) is 0 Å². The second-order valence-electron chi connectivity index (χ2n) is 6.84. The van der Waals surface area contributed by atoms with Gasteiger partial charge in [0.05, 0.1) is 24.5 Å². The van der Waals surface area contributed by atoms with Gasteiger partial charge in [-0.05, 0) is 41.5 Å². The van der Waals surface area contributed by atoms with Gasteiger partial charge in [0.15, 0.2) is 0 Å². The summed E-state index contributed by atoms with van der Waals surface area (Å²) in [5, 5.41) is -0.367. The summed E-state index contributed by atoms with van der Waals surface area (Å²) in [4.78, 5) is 0.288. The van der Waals surface area contributed by atoms with Crippen molar-refractivity contribution in [2.75, 3.05) is 26.5 Å². The molecule has 3 aromatic rings. The van der Waals surface area contributed by atoms with Crippen LogP contribution in [0.5, 0.6) is 11.5 Å². The molecule has 0 bridgehead atoms. The Balaban J connectivity index is 1.67. The number of methoxy groups -OCH3 is 2. The van der Waals surface area contributed by atoms with Crippen molar-refractivity contribution in [2.45, 2.75) is 10.3 Å². The summed E-state index contributed by atoms with van der Waals surface area (Å²) in [5.41, 5.74) is 2.83. The van der Waals surface area contributed by atoms with Crippen LogP contribution in [0, 0.1) is 0 Å². The molecule has 0 aromatic heterocycles. The monoisotopic (exact) mass is 441 g/mol. The molecular weight excluding hydrogens is 418 g/mol. The second-order valence-corrected chi connectivity index (χ2v) is 9.92. The van der Waals surface area contributed by atoms with Crippen LogP contribution in [0.25, 0.3) is 11.1 Å². The first-order chi connectivity index (χ1) is 14.5. The molecule has 30 heavy (non-hydrogen) atoms. The summed E-state index contributed by atoms with van der Waals surface area (Å²) in [6.07, 6.45) is 0. The molecule has 1 aliphatic rings. The van der Waals surface area contributed by atoms with Gasteiger partial charge in [-0.25, -0.2) is 8.42 Å². The molecule has 1 saturated heterocycles. The minimum absolute atomic E-state index is 0.288. The number of hydrogen-bond acceptors (Lipinski definition) is 5. The van der Waals surface area contributed by atoms with Crippen molar-refractivity contribution in [3.05, 3.63) is 78.4 Å². The van der Waals surface area contributed by atoms with E-state index >= 15 is 0 Å². The van der Waals surface area contributed by atoms with Crippen LogP contribution in [0.4, 0.5) is 0 Å². The molecule has 1 heterocycles. The average molecular weight is 442 g/mol. The molecule has 156 valence electrons. The summed E-state index contributed by atoms with van der Waals surface area (Å²) < 4.78 is 39.3. The number of benzene rings is 3. The summed E-state index contributed by atoms with van der Waals surface area (Å²) >= 11 is 1.59. The quantitative estimate of drug-likeness (QED) is 0.550. The largest absolute Gasteiger partial charge is 0.497 e. The maximum Gasteiger partial charge on any atom is 0.244 e. The van der Waals surface area contributed by atoms with Crippen LogP contribution in [0.1, 0.15) is 10.9 Å². The van der Waals surface area contributed by atoms with Crippen molar-refractivity contribution in [2.24, 2.45) is 0 Å². The lowest BCUT2D eigenvalue weighted by molar-refractivity contribution is 0.382. The highest BCUT2D eigenvalue weighted by Crippen LogP contribution is 2.45. The van der Waals surface area contributed by atoms with Crippen LogP contribution in [-0.2, 0) is 10.0 Å². The van der Waals surface area contributed by atoms with Gasteiger partial charge in [-0.15, -0.1) is 11.8 Å². The molecule has 0 radical (unpaired) electrons. The zero-order chi connectivity index (χ0) is 21.1. The Labute approximate surface area is 181 Å². The smallest absolute Gasteiger partial charge is 0.244 e. The fourth-order valence-corrected chi connectivity index (χ4v) is 6.81. The number of sulfonamides is 1. The molecule has 0 N–H and O–H groups in total. The third kappa shape index (κ3) is 3.93. The Morgan fingerprint density at radius 3 is 2.27 bits per heavy atom. The summed E-state index contributed by atoms with van der Waals surface area (Å²) in [6, 6.07) is 22.4. The highest BCUT2D eigenvalue weighted by molar-refractivity contribution is 8.01. The van der Waals surface area contributed by atoms with Gasteiger partial charge < -0.3 is 9.47 Å². The molecule has 0 spiro atoms. The minimum atomic E-state index is -3.66. The van der Waals surface area contributed by atoms with Crippen molar-refractivity contribution in [3.8, 4) is 22.6 Å². The first-order valence-corrected chi connectivity index (χ1v) is 12.0. The molecule has 0 aliphatic carbocycles. The van der Waals surface area contributed by atoms with Crippen LogP contribution >= 0.6 is 11.8 Å². The molecule has 1 fully saturated rings. The third-order valence-corrected chi connectivity index (χ3v) is 8.37. The van der Waals surface area contributed by atoms with Crippen LogP contribution in [0.2, 0.25) is 0 Å². The summed E-state index contributed by atoms with van der Waals surface area (Å²) in [5.74, 6) is 2.03. The Bertz CT molecular complexity index is 1120. The summed E-state index contributed by atoms with van der Waals surface area (Å²) in [6.45, 7) is 0.443. The Kier molecular flexibility index (Phi) is 6.04. The van der Waals surface area contributed by atoms with Gasteiger partial charge in [0, 0.05) is 17.9 Å². The van der Waals surface area contributed by atoms with E-state index in [1.54, 1.807) is 42.4 Å². The Morgan fingerprint density at radius 1 is 0.900 bits per heavy atom. The van der Waals surface area contributed by atoms with E-state index in [0.29, 0.717) is 23.8 Å². The topological polar surface area (TPSA) is 55.8 Å². The molecule has 0 saturated carbocycles. The Hall–Kier alpha value is -2.48. The molecule has 1 aliphatic heterocycles. The number of hydrogen-bond donors (Lipinski definition) is 0. The maximum atomic E-state index is 13.5. The van der Waals surface area contributed by atoms with E-state index in [1.807, 2.05) is 60.7 Å². The fraction of sp³-hybridized carbons (Fsp3) is 0.217. The predicted molar refractivity (Wildman–Crippen MR) is 121 cm³/mol. The standard InChI is InChI=1S/C23H23NO4S2/c1-27-19-10-13-22(28-2)21(16-19)23-24(14-15-29-23)30(25,26)20-11-8-18(9-12-20)17-6-4-3-5-7-17/h3-13,16,23H,14-15H2,1-2H3/t23-/m1/s1. The van der Waals surface area contributed by atoms with Gasteiger partial charge >= 0.3 is 0 Å². The molecule has 3 aromatic carbocycles. The molecule has 1 atom stereocenters. The van der Waals surface area contributed by atoms with Gasteiger partial charge in [0.25, 0.3) is 0 Å². The number of rotatable bonds is 6. The van der Waals surface area contributed by atoms with Crippen LogP contribution < -0.4 is 9.47 Å². The van der Waals surface area contributed by atoms with Crippen molar-refractivity contribution in [3.63, 3.8) is 0 Å². The number of nitrogens with zero attached hydrogens (tertiary/aromatic N) is 1. The second kappa shape index (κ2) is 8.71. The van der Waals surface area contributed by atoms with Crippen LogP contribution in [-0.4, -0.2) is 39.2 Å². The molecule has 0 amide bonds. The zero-order valence-corrected chi connectivity index (χ0v) is 18.4. The van der Waals surface area contributed by atoms with E-state index < -0.39 is 10.0 Å². The maximum absolute atomic E-state index is 13.5. The highest BCUT2D eigenvalue weighted by Gasteiger charge is 2.38. The Morgan fingerprint density at radius 2 is 1.60 bits per heavy atom. The van der Waals surface area contributed by atoms with Gasteiger partial charge in [0.2, 0.25) is 10.0 Å². The normalized spacial score (nSPS) is 17.1. The van der Waals surface area contributed by atoms with E-state index in [-0.39, 0.29) is 10.3 Å². The first kappa shape index (κ1) is 20.8. The van der Waals surface area contributed by atoms with Crippen LogP contribution in [0.3, 0.4) is 0 Å². The van der Waals surface area contributed by atoms with E-state index in [4.69, 9.17) is 9.47 Å². The van der Waals surface area contributed by atoms with Crippen molar-refractivity contribution < 1.29 is 17.9 Å². The van der Waals surface area contributed by atoms with Crippen molar-refractivity contribution in [1.29, 1.82) is 0 Å². The summed E-state index contributed by atoms with van der Waals surface area (Å²) in [7, 11) is -0.481. The first-order valence-electron chi connectivity index (χ1n) is 9.55. The molecule has 7 heteroatoms. The van der Waals surface area contributed by atoms with Crippen molar-refractivity contribution >= 4 is 21.8 Å². The average Bonchev–Trinajstić information content (AvgIpc) is 3.30. The van der Waals surface area contributed by atoms with E-state index in [9.17, 15) is 8.42 Å². The molecule has 0 unspecified atom stereocenters. The van der Waals surface area contributed by atoms with E-state index in [0.717, 1.165) is 16.7 Å². The number of ether oxygens (including phenoxy) is 2. The SMILES string of the molecule is COc1ccc(OC)c([C@H]2SCCN2S(=O)(=O)c2ccc(-c3ccccc3)cc2)c1. The van der Waals surface area contributed by atoms with Crippen molar-refractivity contribution in [1.82, 2.24) is 4.31 Å². The van der Waals surface area contributed by atoms with Gasteiger partial charge in [0.1, 0.15) is 11.5 Å². The fourth-order valence-electron chi connectivity index (χ4n) is 3.56. The molecule has 4 rings (SSSR count). The minimum Gasteiger partial charge on any atom is -0.497 e. The predicted octanol–water partition coefficient (Wildman–Crippen LogP) is 4.81. The molecular formula is C23H23NO4S2. The third-order valence-electron chi connectivity index (χ3n) is 5.12. The van der Waals surface area contributed by atoms with Crippen LogP contribution in [0.15, 0.2) is 77.7 Å². The van der Waals surface area contributed by atoms with Gasteiger partial charge in [-0.2, -0.15) is 4.31 Å². The number of thioether (sulfide) groups is 1. The van der Waals surface area contributed by atoms with E-state index in [2.05, 4.69) is 0 Å².